The lowest BCUT2D eigenvalue weighted by molar-refractivity contribution is 0.0943. The van der Waals surface area contributed by atoms with Gasteiger partial charge >= 0.3 is 0 Å². The molecule has 1 amide bonds. The molecule has 0 fully saturated rings. The van der Waals surface area contributed by atoms with E-state index < -0.39 is 0 Å². The molecule has 0 aliphatic carbocycles. The number of furan rings is 1. The summed E-state index contributed by atoms with van der Waals surface area (Å²) in [5.41, 5.74) is 1.39. The second-order valence-electron chi connectivity index (χ2n) is 6.74. The van der Waals surface area contributed by atoms with E-state index in [9.17, 15) is 4.79 Å². The predicted octanol–water partition coefficient (Wildman–Crippen LogP) is 3.62. The van der Waals surface area contributed by atoms with E-state index in [1.54, 1.807) is 25.5 Å². The van der Waals surface area contributed by atoms with Crippen LogP contribution in [0.15, 0.2) is 57.8 Å². The standard InChI is InChI=1S/C21H25N3O4/c1-15(2)24(12-16-6-4-7-17(10-16)26-3)13-20-23-19(14-28-20)21(25)22-11-18-8-5-9-27-18/h4-10,14-15H,11-13H2,1-3H3,(H,22,25). The Morgan fingerprint density at radius 2 is 2.07 bits per heavy atom. The molecule has 7 heteroatoms. The summed E-state index contributed by atoms with van der Waals surface area (Å²) in [4.78, 5) is 18.8. The van der Waals surface area contributed by atoms with Crippen molar-refractivity contribution in [1.29, 1.82) is 0 Å². The maximum atomic E-state index is 12.2. The second-order valence-corrected chi connectivity index (χ2v) is 6.74. The van der Waals surface area contributed by atoms with E-state index in [4.69, 9.17) is 13.6 Å². The van der Waals surface area contributed by atoms with Crippen LogP contribution in [0.2, 0.25) is 0 Å². The Hall–Kier alpha value is -3.06. The van der Waals surface area contributed by atoms with Gasteiger partial charge in [0.05, 0.1) is 26.5 Å². The van der Waals surface area contributed by atoms with Crippen molar-refractivity contribution in [2.24, 2.45) is 0 Å². The number of hydrogen-bond donors (Lipinski definition) is 1. The van der Waals surface area contributed by atoms with Crippen LogP contribution in [-0.2, 0) is 19.6 Å². The van der Waals surface area contributed by atoms with Crippen molar-refractivity contribution in [3.8, 4) is 5.75 Å². The van der Waals surface area contributed by atoms with Crippen molar-refractivity contribution in [3.63, 3.8) is 0 Å². The molecule has 7 nitrogen and oxygen atoms in total. The Kier molecular flexibility index (Phi) is 6.49. The maximum Gasteiger partial charge on any atom is 0.273 e. The molecule has 0 radical (unpaired) electrons. The summed E-state index contributed by atoms with van der Waals surface area (Å²) < 4.78 is 16.0. The van der Waals surface area contributed by atoms with Gasteiger partial charge in [0.15, 0.2) is 5.69 Å². The van der Waals surface area contributed by atoms with Crippen molar-refractivity contribution < 1.29 is 18.4 Å². The van der Waals surface area contributed by atoms with Crippen molar-refractivity contribution >= 4 is 5.91 Å². The van der Waals surface area contributed by atoms with Crippen molar-refractivity contribution in [1.82, 2.24) is 15.2 Å². The Bertz CT molecular complexity index is 887. The molecule has 2 heterocycles. The zero-order valence-corrected chi connectivity index (χ0v) is 16.3. The van der Waals surface area contributed by atoms with Crippen LogP contribution in [0.1, 0.15) is 41.6 Å². The van der Waals surface area contributed by atoms with Gasteiger partial charge < -0.3 is 18.9 Å². The van der Waals surface area contributed by atoms with Crippen molar-refractivity contribution in [2.45, 2.75) is 39.5 Å². The molecule has 0 bridgehead atoms. The Morgan fingerprint density at radius 3 is 2.79 bits per heavy atom. The molecule has 0 aliphatic rings. The quantitative estimate of drug-likeness (QED) is 0.608. The van der Waals surface area contributed by atoms with Gasteiger partial charge in [0.1, 0.15) is 17.8 Å². The number of nitrogens with one attached hydrogen (secondary N) is 1. The zero-order chi connectivity index (χ0) is 19.9. The van der Waals surface area contributed by atoms with E-state index in [1.807, 2.05) is 18.2 Å². The van der Waals surface area contributed by atoms with Gasteiger partial charge in [-0.15, -0.1) is 0 Å². The topological polar surface area (TPSA) is 80.7 Å². The molecular weight excluding hydrogens is 358 g/mol. The maximum absolute atomic E-state index is 12.2. The van der Waals surface area contributed by atoms with Crippen LogP contribution in [0.25, 0.3) is 0 Å². The number of aromatic nitrogens is 1. The first kappa shape index (κ1) is 19.7. The van der Waals surface area contributed by atoms with E-state index in [0.29, 0.717) is 24.7 Å². The molecule has 0 saturated heterocycles. The van der Waals surface area contributed by atoms with Gasteiger partial charge in [0.2, 0.25) is 5.89 Å². The van der Waals surface area contributed by atoms with E-state index in [1.165, 1.54) is 6.26 Å². The summed E-state index contributed by atoms with van der Waals surface area (Å²) in [6, 6.07) is 11.8. The van der Waals surface area contributed by atoms with Crippen LogP contribution in [-0.4, -0.2) is 28.9 Å². The predicted molar refractivity (Wildman–Crippen MR) is 104 cm³/mol. The first-order valence-corrected chi connectivity index (χ1v) is 9.17. The van der Waals surface area contributed by atoms with E-state index in [-0.39, 0.29) is 17.6 Å². The van der Waals surface area contributed by atoms with Gasteiger partial charge in [-0.05, 0) is 43.7 Å². The highest BCUT2D eigenvalue weighted by Gasteiger charge is 2.17. The number of hydrogen-bond acceptors (Lipinski definition) is 6. The minimum Gasteiger partial charge on any atom is -0.497 e. The van der Waals surface area contributed by atoms with Gasteiger partial charge in [-0.2, -0.15) is 0 Å². The highest BCUT2D eigenvalue weighted by molar-refractivity contribution is 5.91. The SMILES string of the molecule is COc1cccc(CN(Cc2nc(C(=O)NCc3ccco3)co2)C(C)C)c1. The van der Waals surface area contributed by atoms with E-state index in [2.05, 4.69) is 35.1 Å². The van der Waals surface area contributed by atoms with Crippen LogP contribution in [0, 0.1) is 0 Å². The first-order chi connectivity index (χ1) is 13.5. The number of amides is 1. The minimum absolute atomic E-state index is 0.256. The average Bonchev–Trinajstić information content (AvgIpc) is 3.38. The first-order valence-electron chi connectivity index (χ1n) is 9.17. The summed E-state index contributed by atoms with van der Waals surface area (Å²) in [5.74, 6) is 1.71. The normalized spacial score (nSPS) is 11.2. The molecular formula is C21H25N3O4. The van der Waals surface area contributed by atoms with Gasteiger partial charge in [0, 0.05) is 12.6 Å². The molecule has 0 atom stereocenters. The number of carbonyl (C=O) groups excluding carboxylic acids is 1. The molecule has 2 aromatic heterocycles. The third-order valence-electron chi connectivity index (χ3n) is 4.38. The number of carbonyl (C=O) groups is 1. The molecule has 3 rings (SSSR count). The summed E-state index contributed by atoms with van der Waals surface area (Å²) in [6.07, 6.45) is 2.95. The fraction of sp³-hybridized carbons (Fsp3) is 0.333. The van der Waals surface area contributed by atoms with Crippen LogP contribution < -0.4 is 10.1 Å². The van der Waals surface area contributed by atoms with Gasteiger partial charge in [-0.3, -0.25) is 9.69 Å². The molecule has 148 valence electrons. The van der Waals surface area contributed by atoms with Crippen molar-refractivity contribution in [2.75, 3.05) is 7.11 Å². The van der Waals surface area contributed by atoms with E-state index >= 15 is 0 Å². The van der Waals surface area contributed by atoms with Crippen LogP contribution in [0.3, 0.4) is 0 Å². The van der Waals surface area contributed by atoms with Crippen LogP contribution >= 0.6 is 0 Å². The molecule has 0 unspecified atom stereocenters. The monoisotopic (exact) mass is 383 g/mol. The molecule has 3 aromatic rings. The highest BCUT2D eigenvalue weighted by atomic mass is 16.5. The number of oxazole rings is 1. The number of methoxy groups -OCH3 is 1. The second kappa shape index (κ2) is 9.23. The molecule has 0 aliphatic heterocycles. The Labute approximate surface area is 164 Å². The summed E-state index contributed by atoms with van der Waals surface area (Å²) >= 11 is 0. The lowest BCUT2D eigenvalue weighted by Gasteiger charge is -2.25. The molecule has 0 spiro atoms. The molecule has 0 saturated carbocycles. The zero-order valence-electron chi connectivity index (χ0n) is 16.3. The number of nitrogens with zero attached hydrogens (tertiary/aromatic N) is 2. The lowest BCUT2D eigenvalue weighted by Crippen LogP contribution is -2.30. The Morgan fingerprint density at radius 1 is 1.21 bits per heavy atom. The largest absolute Gasteiger partial charge is 0.497 e. The van der Waals surface area contributed by atoms with Crippen LogP contribution in [0.4, 0.5) is 0 Å². The smallest absolute Gasteiger partial charge is 0.273 e. The molecule has 28 heavy (non-hydrogen) atoms. The highest BCUT2D eigenvalue weighted by Crippen LogP contribution is 2.17. The third kappa shape index (κ3) is 5.23. The third-order valence-corrected chi connectivity index (χ3v) is 4.38. The van der Waals surface area contributed by atoms with Gasteiger partial charge in [-0.25, -0.2) is 4.98 Å². The molecule has 1 N–H and O–H groups in total. The van der Waals surface area contributed by atoms with Gasteiger partial charge in [0.25, 0.3) is 5.91 Å². The Balaban J connectivity index is 1.61. The van der Waals surface area contributed by atoms with E-state index in [0.717, 1.165) is 17.9 Å². The minimum atomic E-state index is -0.296. The lowest BCUT2D eigenvalue weighted by atomic mass is 10.2. The summed E-state index contributed by atoms with van der Waals surface area (Å²) in [6.45, 7) is 5.75. The van der Waals surface area contributed by atoms with Crippen LogP contribution in [0.5, 0.6) is 5.75 Å². The molecule has 1 aromatic carbocycles. The number of benzene rings is 1. The fourth-order valence-corrected chi connectivity index (χ4v) is 2.76. The van der Waals surface area contributed by atoms with Crippen molar-refractivity contribution in [3.05, 3.63) is 71.8 Å². The summed E-state index contributed by atoms with van der Waals surface area (Å²) in [7, 11) is 1.66. The summed E-state index contributed by atoms with van der Waals surface area (Å²) in [5, 5.41) is 2.76. The number of rotatable bonds is 9. The average molecular weight is 383 g/mol. The fourth-order valence-electron chi connectivity index (χ4n) is 2.76. The van der Waals surface area contributed by atoms with Gasteiger partial charge in [-0.1, -0.05) is 12.1 Å². The number of ether oxygens (including phenoxy) is 1.